The van der Waals surface area contributed by atoms with Crippen molar-refractivity contribution in [2.45, 2.75) is 18.6 Å². The van der Waals surface area contributed by atoms with Gasteiger partial charge in [-0.3, -0.25) is 4.79 Å². The highest BCUT2D eigenvalue weighted by molar-refractivity contribution is 5.85. The van der Waals surface area contributed by atoms with E-state index in [9.17, 15) is 4.79 Å². The molecule has 2 atom stereocenters. The van der Waals surface area contributed by atoms with Crippen molar-refractivity contribution in [1.82, 2.24) is 15.1 Å². The predicted octanol–water partition coefficient (Wildman–Crippen LogP) is 1.30. The number of nitrogens with zero attached hydrogens (tertiary/aromatic N) is 2. The molecule has 2 aliphatic heterocycles. The van der Waals surface area contributed by atoms with Crippen LogP contribution in [0.3, 0.4) is 0 Å². The van der Waals surface area contributed by atoms with Gasteiger partial charge in [-0.05, 0) is 12.6 Å². The van der Waals surface area contributed by atoms with Gasteiger partial charge in [-0.25, -0.2) is 0 Å². The predicted molar refractivity (Wildman–Crippen MR) is 92.9 cm³/mol. The number of hydrogen-bond donors (Lipinski definition) is 1. The largest absolute Gasteiger partial charge is 0.375 e. The van der Waals surface area contributed by atoms with Gasteiger partial charge < -0.3 is 19.9 Å². The molecule has 2 heterocycles. The number of benzene rings is 1. The highest BCUT2D eigenvalue weighted by Gasteiger charge is 2.31. The monoisotopic (exact) mass is 339 g/mol. The van der Waals surface area contributed by atoms with Crippen molar-refractivity contribution in [1.29, 1.82) is 0 Å². The lowest BCUT2D eigenvalue weighted by molar-refractivity contribution is -0.139. The summed E-state index contributed by atoms with van der Waals surface area (Å²) < 4.78 is 5.68. The van der Waals surface area contributed by atoms with Gasteiger partial charge in [0.25, 0.3) is 0 Å². The number of likely N-dealkylation sites (N-methyl/N-ethyl adjacent to an activating group) is 1. The van der Waals surface area contributed by atoms with E-state index >= 15 is 0 Å². The molecule has 1 amide bonds. The van der Waals surface area contributed by atoms with Gasteiger partial charge >= 0.3 is 0 Å². The zero-order valence-corrected chi connectivity index (χ0v) is 14.4. The quantitative estimate of drug-likeness (QED) is 0.901. The van der Waals surface area contributed by atoms with Gasteiger partial charge in [0.15, 0.2) is 0 Å². The average molecular weight is 340 g/mol. The summed E-state index contributed by atoms with van der Waals surface area (Å²) >= 11 is 0. The van der Waals surface area contributed by atoms with Crippen LogP contribution in [0.1, 0.15) is 18.0 Å². The zero-order valence-electron chi connectivity index (χ0n) is 13.6. The fraction of sp³-hybridized carbons (Fsp3) is 0.588. The number of carbonyl (C=O) groups excluding carboxylic acids is 1. The Hall–Kier alpha value is -1.14. The maximum Gasteiger partial charge on any atom is 0.225 e. The Bertz CT molecular complexity index is 494. The summed E-state index contributed by atoms with van der Waals surface area (Å²) in [6.07, 6.45) is 0.484. The lowest BCUT2D eigenvalue weighted by atomic mass is 10.0. The van der Waals surface area contributed by atoms with Gasteiger partial charge in [-0.1, -0.05) is 30.3 Å². The second kappa shape index (κ2) is 8.64. The van der Waals surface area contributed by atoms with E-state index in [2.05, 4.69) is 29.4 Å². The van der Waals surface area contributed by atoms with Crippen molar-refractivity contribution >= 4 is 18.3 Å². The minimum atomic E-state index is 0. The minimum Gasteiger partial charge on any atom is -0.375 e. The van der Waals surface area contributed by atoms with Crippen LogP contribution in [0.2, 0.25) is 0 Å². The van der Waals surface area contributed by atoms with Crippen LogP contribution >= 0.6 is 12.4 Å². The normalized spacial score (nSPS) is 25.7. The number of piperazine rings is 1. The fourth-order valence-corrected chi connectivity index (χ4v) is 3.24. The standard InChI is InChI=1S/C17H25N3O2.ClH/c1-19-8-9-20(16(13-19)14-5-3-2-4-6-14)17(21)11-15-12-18-7-10-22-15;/h2-6,15-16,18H,7-13H2,1H3;1H. The molecule has 2 fully saturated rings. The molecule has 0 aromatic heterocycles. The Kier molecular flexibility index (Phi) is 6.84. The molecule has 1 N–H and O–H groups in total. The summed E-state index contributed by atoms with van der Waals surface area (Å²) in [5.74, 6) is 0.204. The van der Waals surface area contributed by atoms with Crippen LogP contribution in [-0.4, -0.2) is 68.2 Å². The molecule has 23 heavy (non-hydrogen) atoms. The maximum absolute atomic E-state index is 12.8. The average Bonchev–Trinajstić information content (AvgIpc) is 2.56. The van der Waals surface area contributed by atoms with E-state index in [4.69, 9.17) is 4.74 Å². The summed E-state index contributed by atoms with van der Waals surface area (Å²) in [7, 11) is 2.12. The number of morpholine rings is 1. The molecule has 6 heteroatoms. The van der Waals surface area contributed by atoms with Crippen LogP contribution in [0.25, 0.3) is 0 Å². The van der Waals surface area contributed by atoms with E-state index in [1.54, 1.807) is 0 Å². The van der Waals surface area contributed by atoms with Crippen LogP contribution in [0.4, 0.5) is 0 Å². The van der Waals surface area contributed by atoms with Crippen molar-refractivity contribution in [2.24, 2.45) is 0 Å². The Morgan fingerprint density at radius 3 is 2.78 bits per heavy atom. The van der Waals surface area contributed by atoms with Gasteiger partial charge in [0, 0.05) is 32.7 Å². The summed E-state index contributed by atoms with van der Waals surface area (Å²) in [6, 6.07) is 10.5. The second-order valence-electron chi connectivity index (χ2n) is 6.18. The lowest BCUT2D eigenvalue weighted by Gasteiger charge is -2.41. The Labute approximate surface area is 144 Å². The van der Waals surface area contributed by atoms with Crippen LogP contribution in [0, 0.1) is 0 Å². The molecular formula is C17H26ClN3O2. The molecule has 0 radical (unpaired) electrons. The molecule has 0 bridgehead atoms. The molecular weight excluding hydrogens is 314 g/mol. The SMILES string of the molecule is CN1CCN(C(=O)CC2CNCCO2)C(c2ccccc2)C1.Cl. The summed E-state index contributed by atoms with van der Waals surface area (Å²) in [5.41, 5.74) is 1.21. The number of nitrogens with one attached hydrogen (secondary N) is 1. The third kappa shape index (κ3) is 4.67. The highest BCUT2D eigenvalue weighted by Crippen LogP contribution is 2.26. The number of halogens is 1. The minimum absolute atomic E-state index is 0. The first-order valence-electron chi connectivity index (χ1n) is 8.09. The van der Waals surface area contributed by atoms with Crippen molar-refractivity contribution in [3.8, 4) is 0 Å². The molecule has 0 spiro atoms. The van der Waals surface area contributed by atoms with Crippen LogP contribution in [0.15, 0.2) is 30.3 Å². The number of rotatable bonds is 3. The highest BCUT2D eigenvalue weighted by atomic mass is 35.5. The molecule has 2 aliphatic rings. The molecule has 5 nitrogen and oxygen atoms in total. The number of ether oxygens (including phenoxy) is 1. The molecule has 1 aromatic carbocycles. The van der Waals surface area contributed by atoms with Crippen LogP contribution in [0.5, 0.6) is 0 Å². The first kappa shape index (κ1) is 18.2. The van der Waals surface area contributed by atoms with Gasteiger partial charge in [-0.15, -0.1) is 12.4 Å². The fourth-order valence-electron chi connectivity index (χ4n) is 3.24. The van der Waals surface area contributed by atoms with Crippen molar-refractivity contribution in [3.05, 3.63) is 35.9 Å². The van der Waals surface area contributed by atoms with E-state index < -0.39 is 0 Å². The summed E-state index contributed by atoms with van der Waals surface area (Å²) in [6.45, 7) is 4.96. The van der Waals surface area contributed by atoms with Crippen LogP contribution < -0.4 is 5.32 Å². The van der Waals surface area contributed by atoms with Gasteiger partial charge in [0.05, 0.1) is 25.2 Å². The number of amides is 1. The van der Waals surface area contributed by atoms with E-state index in [1.807, 2.05) is 23.1 Å². The number of carbonyl (C=O) groups is 1. The molecule has 3 rings (SSSR count). The van der Waals surface area contributed by atoms with E-state index in [0.29, 0.717) is 13.0 Å². The molecule has 128 valence electrons. The second-order valence-corrected chi connectivity index (χ2v) is 6.18. The number of hydrogen-bond acceptors (Lipinski definition) is 4. The lowest BCUT2D eigenvalue weighted by Crippen LogP contribution is -2.51. The summed E-state index contributed by atoms with van der Waals surface area (Å²) in [5, 5.41) is 3.29. The molecule has 0 aliphatic carbocycles. The van der Waals surface area contributed by atoms with Crippen molar-refractivity contribution in [2.75, 3.05) is 46.4 Å². The Balaban J connectivity index is 0.00000192. The Morgan fingerprint density at radius 2 is 2.09 bits per heavy atom. The summed E-state index contributed by atoms with van der Waals surface area (Å²) in [4.78, 5) is 17.1. The van der Waals surface area contributed by atoms with Crippen molar-refractivity contribution in [3.63, 3.8) is 0 Å². The topological polar surface area (TPSA) is 44.8 Å². The van der Waals surface area contributed by atoms with E-state index in [-0.39, 0.29) is 30.5 Å². The van der Waals surface area contributed by atoms with E-state index in [1.165, 1.54) is 5.56 Å². The molecule has 0 saturated carbocycles. The maximum atomic E-state index is 12.8. The van der Waals surface area contributed by atoms with Crippen LogP contribution in [-0.2, 0) is 9.53 Å². The first-order valence-corrected chi connectivity index (χ1v) is 8.09. The van der Waals surface area contributed by atoms with Gasteiger partial charge in [0.1, 0.15) is 0 Å². The smallest absolute Gasteiger partial charge is 0.225 e. The molecule has 2 unspecified atom stereocenters. The third-order valence-electron chi connectivity index (χ3n) is 4.49. The first-order chi connectivity index (χ1) is 10.7. The van der Waals surface area contributed by atoms with Gasteiger partial charge in [-0.2, -0.15) is 0 Å². The van der Waals surface area contributed by atoms with Gasteiger partial charge in [0.2, 0.25) is 5.91 Å². The molecule has 2 saturated heterocycles. The van der Waals surface area contributed by atoms with Crippen molar-refractivity contribution < 1.29 is 9.53 Å². The van der Waals surface area contributed by atoms with E-state index in [0.717, 1.165) is 32.7 Å². The Morgan fingerprint density at radius 1 is 1.30 bits per heavy atom. The molecule has 1 aromatic rings. The third-order valence-corrected chi connectivity index (χ3v) is 4.49. The zero-order chi connectivity index (χ0) is 15.4.